The zero-order valence-corrected chi connectivity index (χ0v) is 5.90. The fourth-order valence-corrected chi connectivity index (χ4v) is 0.691. The first kappa shape index (κ1) is 8.49. The van der Waals surface area contributed by atoms with Crippen LogP contribution in [-0.4, -0.2) is 28.9 Å². The predicted octanol–water partition coefficient (Wildman–Crippen LogP) is 0.393. The van der Waals surface area contributed by atoms with Gasteiger partial charge in [-0.15, -0.1) is 0 Å². The van der Waals surface area contributed by atoms with Crippen molar-refractivity contribution in [3.8, 4) is 0 Å². The van der Waals surface area contributed by atoms with Crippen LogP contribution >= 0.6 is 11.8 Å². The molecule has 0 rings (SSSR count). The molecular weight excluding hydrogens is 141 g/mol. The molecule has 0 fully saturated rings. The molecule has 0 aliphatic carbocycles. The average molecular weight is 149 g/mol. The standard InChI is InChI=1S/C5H8O3S/c1-9-3-2-4(6)5(7)8/h2-3H2,1H3,(H,7,8)/i5+1. The van der Waals surface area contributed by atoms with Crippen molar-refractivity contribution in [2.45, 2.75) is 6.42 Å². The number of hydrogen-bond donors (Lipinski definition) is 1. The Hall–Kier alpha value is -0.510. The van der Waals surface area contributed by atoms with Gasteiger partial charge in [0.25, 0.3) is 0 Å². The Morgan fingerprint density at radius 2 is 2.11 bits per heavy atom. The van der Waals surface area contributed by atoms with Crippen LogP contribution < -0.4 is 0 Å². The highest BCUT2D eigenvalue weighted by molar-refractivity contribution is 7.98. The largest absolute Gasteiger partial charge is 0.476 e. The van der Waals surface area contributed by atoms with Gasteiger partial charge in [0.1, 0.15) is 0 Å². The lowest BCUT2D eigenvalue weighted by atomic mass is 10.4. The van der Waals surface area contributed by atoms with Crippen molar-refractivity contribution < 1.29 is 14.7 Å². The van der Waals surface area contributed by atoms with Gasteiger partial charge in [-0.25, -0.2) is 4.79 Å². The van der Waals surface area contributed by atoms with Crippen LogP contribution in [0.5, 0.6) is 0 Å². The van der Waals surface area contributed by atoms with Crippen LogP contribution in [0.25, 0.3) is 0 Å². The quantitative estimate of drug-likeness (QED) is 0.464. The first-order chi connectivity index (χ1) is 4.18. The number of carboxylic acids is 1. The summed E-state index contributed by atoms with van der Waals surface area (Å²) in [5, 5.41) is 8.05. The van der Waals surface area contributed by atoms with Crippen molar-refractivity contribution in [2.24, 2.45) is 0 Å². The Bertz CT molecular complexity index is 121. The maximum atomic E-state index is 10.3. The van der Waals surface area contributed by atoms with E-state index in [1.165, 1.54) is 11.8 Å². The Kier molecular flexibility index (Phi) is 4.13. The SMILES string of the molecule is CSCCC(=O)[13C](=O)O. The van der Waals surface area contributed by atoms with Gasteiger partial charge in [-0.2, -0.15) is 11.8 Å². The Morgan fingerprint density at radius 3 is 2.44 bits per heavy atom. The molecule has 0 bridgehead atoms. The minimum Gasteiger partial charge on any atom is -0.476 e. The number of Topliss-reactive ketones (excluding diaryl/α,β-unsaturated/α-hetero) is 1. The number of carbonyl (C=O) groups excluding carboxylic acids is 1. The number of hydrogen-bond acceptors (Lipinski definition) is 3. The summed E-state index contributed by atoms with van der Waals surface area (Å²) >= 11 is 1.46. The summed E-state index contributed by atoms with van der Waals surface area (Å²) in [4.78, 5) is 20.1. The van der Waals surface area contributed by atoms with Crippen LogP contribution in [0, 0.1) is 0 Å². The molecule has 0 saturated carbocycles. The van der Waals surface area contributed by atoms with Gasteiger partial charge in [0.05, 0.1) is 0 Å². The van der Waals surface area contributed by atoms with E-state index in [2.05, 4.69) is 0 Å². The average Bonchev–Trinajstić information content (AvgIpc) is 1.82. The maximum absolute atomic E-state index is 10.3. The van der Waals surface area contributed by atoms with E-state index in [-0.39, 0.29) is 6.42 Å². The molecule has 0 heterocycles. The summed E-state index contributed by atoms with van der Waals surface area (Å²) in [5.74, 6) is -1.45. The lowest BCUT2D eigenvalue weighted by Crippen LogP contribution is -2.12. The third kappa shape index (κ3) is 4.02. The summed E-state index contributed by atoms with van der Waals surface area (Å²) in [7, 11) is 0. The normalized spacial score (nSPS) is 9.00. The number of carboxylic acid groups (broad SMARTS) is 1. The zero-order valence-electron chi connectivity index (χ0n) is 5.09. The highest BCUT2D eigenvalue weighted by Gasteiger charge is 2.08. The Morgan fingerprint density at radius 1 is 1.56 bits per heavy atom. The summed E-state index contributed by atoms with van der Waals surface area (Å²) in [6.07, 6.45) is 1.96. The first-order valence-electron chi connectivity index (χ1n) is 2.43. The zero-order chi connectivity index (χ0) is 7.28. The molecule has 0 unspecified atom stereocenters. The molecule has 4 heteroatoms. The minimum atomic E-state index is -1.33. The highest BCUT2D eigenvalue weighted by atomic mass is 32.2. The van der Waals surface area contributed by atoms with Gasteiger partial charge < -0.3 is 5.11 Å². The molecule has 0 aromatic carbocycles. The van der Waals surface area contributed by atoms with E-state index in [0.717, 1.165) is 0 Å². The second-order valence-electron chi connectivity index (χ2n) is 1.47. The number of thioether (sulfide) groups is 1. The predicted molar refractivity (Wildman–Crippen MR) is 35.6 cm³/mol. The van der Waals surface area contributed by atoms with Crippen molar-refractivity contribution in [2.75, 3.05) is 12.0 Å². The monoisotopic (exact) mass is 149 g/mol. The molecule has 0 aliphatic heterocycles. The summed E-state index contributed by atoms with van der Waals surface area (Å²) < 4.78 is 0. The number of rotatable bonds is 4. The van der Waals surface area contributed by atoms with E-state index in [4.69, 9.17) is 5.11 Å². The molecule has 0 radical (unpaired) electrons. The lowest BCUT2D eigenvalue weighted by molar-refractivity contribution is -0.148. The fourth-order valence-electron chi connectivity index (χ4n) is 0.302. The van der Waals surface area contributed by atoms with Crippen LogP contribution in [0.2, 0.25) is 0 Å². The molecule has 0 aromatic rings. The third-order valence-electron chi connectivity index (χ3n) is 0.772. The second kappa shape index (κ2) is 4.38. The molecule has 0 aliphatic rings. The van der Waals surface area contributed by atoms with Crippen LogP contribution in [0.15, 0.2) is 0 Å². The van der Waals surface area contributed by atoms with Gasteiger partial charge >= 0.3 is 5.97 Å². The smallest absolute Gasteiger partial charge is 0.372 e. The van der Waals surface area contributed by atoms with Crippen molar-refractivity contribution >= 4 is 23.5 Å². The van der Waals surface area contributed by atoms with Crippen LogP contribution in [-0.2, 0) is 9.59 Å². The topological polar surface area (TPSA) is 54.4 Å². The number of carbonyl (C=O) groups is 2. The van der Waals surface area contributed by atoms with E-state index < -0.39 is 11.8 Å². The van der Waals surface area contributed by atoms with E-state index in [1.54, 1.807) is 0 Å². The first-order valence-corrected chi connectivity index (χ1v) is 3.83. The van der Waals surface area contributed by atoms with Gasteiger partial charge in [-0.3, -0.25) is 4.79 Å². The number of aliphatic carboxylic acids is 1. The summed E-state index contributed by atoms with van der Waals surface area (Å²) in [5.41, 5.74) is 0. The second-order valence-corrected chi connectivity index (χ2v) is 2.46. The minimum absolute atomic E-state index is 0.135. The summed E-state index contributed by atoms with van der Waals surface area (Å²) in [6.45, 7) is 0. The summed E-state index contributed by atoms with van der Waals surface area (Å²) in [6, 6.07) is 0. The van der Waals surface area contributed by atoms with Gasteiger partial charge in [0.2, 0.25) is 5.78 Å². The van der Waals surface area contributed by atoms with E-state index >= 15 is 0 Å². The van der Waals surface area contributed by atoms with Crippen molar-refractivity contribution in [3.63, 3.8) is 0 Å². The lowest BCUT2D eigenvalue weighted by Gasteiger charge is -1.89. The van der Waals surface area contributed by atoms with E-state index in [9.17, 15) is 9.59 Å². The van der Waals surface area contributed by atoms with Crippen molar-refractivity contribution in [1.29, 1.82) is 0 Å². The molecule has 0 aromatic heterocycles. The third-order valence-corrected chi connectivity index (χ3v) is 1.38. The Balaban J connectivity index is 3.39. The molecule has 52 valence electrons. The molecule has 1 N–H and O–H groups in total. The van der Waals surface area contributed by atoms with Crippen molar-refractivity contribution in [3.05, 3.63) is 0 Å². The van der Waals surface area contributed by atoms with Crippen molar-refractivity contribution in [1.82, 2.24) is 0 Å². The molecule has 0 saturated heterocycles. The van der Waals surface area contributed by atoms with Gasteiger partial charge in [0.15, 0.2) is 0 Å². The van der Waals surface area contributed by atoms with Gasteiger partial charge in [-0.05, 0) is 6.26 Å². The van der Waals surface area contributed by atoms with Gasteiger partial charge in [0, 0.05) is 12.2 Å². The molecule has 0 spiro atoms. The highest BCUT2D eigenvalue weighted by Crippen LogP contribution is 1.95. The van der Waals surface area contributed by atoms with Crippen LogP contribution in [0.4, 0.5) is 0 Å². The molecular formula is C5H8O3S. The number of ketones is 1. The molecule has 0 atom stereocenters. The Labute approximate surface area is 57.4 Å². The van der Waals surface area contributed by atoms with Gasteiger partial charge in [-0.1, -0.05) is 0 Å². The molecule has 0 amide bonds. The molecule has 9 heavy (non-hydrogen) atoms. The fraction of sp³-hybridized carbons (Fsp3) is 0.600. The van der Waals surface area contributed by atoms with E-state index in [0.29, 0.717) is 5.75 Å². The van der Waals surface area contributed by atoms with Crippen LogP contribution in [0.3, 0.4) is 0 Å². The van der Waals surface area contributed by atoms with Crippen LogP contribution in [0.1, 0.15) is 6.42 Å². The molecule has 3 nitrogen and oxygen atoms in total. The van der Waals surface area contributed by atoms with E-state index in [1.807, 2.05) is 6.26 Å². The maximum Gasteiger partial charge on any atom is 0.372 e.